The summed E-state index contributed by atoms with van der Waals surface area (Å²) in [7, 11) is 0. The van der Waals surface area contributed by atoms with Crippen molar-refractivity contribution in [1.29, 1.82) is 0 Å². The van der Waals surface area contributed by atoms with E-state index >= 15 is 0 Å². The molecular weight excluding hydrogens is 262 g/mol. The van der Waals surface area contributed by atoms with Crippen molar-refractivity contribution < 1.29 is 4.52 Å². The van der Waals surface area contributed by atoms with Gasteiger partial charge in [0.2, 0.25) is 5.82 Å². The van der Waals surface area contributed by atoms with Gasteiger partial charge in [-0.3, -0.25) is 0 Å². The van der Waals surface area contributed by atoms with E-state index in [1.165, 1.54) is 5.57 Å². The fraction of sp³-hybridized carbons (Fsp3) is 0.286. The molecule has 2 aromatic rings. The molecule has 1 aromatic heterocycles. The largest absolute Gasteiger partial charge is 0.334 e. The van der Waals surface area contributed by atoms with Crippen LogP contribution in [0, 0.1) is 0 Å². The highest BCUT2D eigenvalue weighted by Crippen LogP contribution is 2.21. The molecule has 1 aliphatic heterocycles. The van der Waals surface area contributed by atoms with Crippen LogP contribution in [0.5, 0.6) is 0 Å². The molecule has 1 aromatic carbocycles. The molecule has 5 heteroatoms. The van der Waals surface area contributed by atoms with Gasteiger partial charge in [0.25, 0.3) is 5.89 Å². The highest BCUT2D eigenvalue weighted by Gasteiger charge is 2.10. The quantitative estimate of drug-likeness (QED) is 0.915. The highest BCUT2D eigenvalue weighted by atomic mass is 35.5. The monoisotopic (exact) mass is 275 g/mol. The topological polar surface area (TPSA) is 51.0 Å². The van der Waals surface area contributed by atoms with E-state index in [9.17, 15) is 0 Å². The number of aromatic nitrogens is 2. The molecular formula is C14H14ClN3O. The van der Waals surface area contributed by atoms with Crippen molar-refractivity contribution in [2.75, 3.05) is 13.1 Å². The second kappa shape index (κ2) is 5.55. The van der Waals surface area contributed by atoms with Gasteiger partial charge in [-0.15, -0.1) is 0 Å². The van der Waals surface area contributed by atoms with E-state index in [4.69, 9.17) is 16.1 Å². The van der Waals surface area contributed by atoms with Gasteiger partial charge in [-0.05, 0) is 38.1 Å². The van der Waals surface area contributed by atoms with E-state index in [1.807, 2.05) is 30.3 Å². The third-order valence-corrected chi connectivity index (χ3v) is 3.33. The van der Waals surface area contributed by atoms with Gasteiger partial charge in [0.05, 0.1) is 0 Å². The van der Waals surface area contributed by atoms with Crippen LogP contribution in [0.1, 0.15) is 18.7 Å². The van der Waals surface area contributed by atoms with Gasteiger partial charge in [-0.1, -0.05) is 34.5 Å². The van der Waals surface area contributed by atoms with Gasteiger partial charge in [0, 0.05) is 16.7 Å². The van der Waals surface area contributed by atoms with Crippen LogP contribution in [0.3, 0.4) is 0 Å². The molecule has 19 heavy (non-hydrogen) atoms. The maximum Gasteiger partial charge on any atom is 0.250 e. The molecule has 0 aliphatic carbocycles. The van der Waals surface area contributed by atoms with Crippen molar-refractivity contribution in [3.8, 4) is 11.4 Å². The number of nitrogens with zero attached hydrogens (tertiary/aromatic N) is 2. The van der Waals surface area contributed by atoms with Crippen LogP contribution in [0.2, 0.25) is 5.02 Å². The molecule has 98 valence electrons. The second-order valence-corrected chi connectivity index (χ2v) is 4.96. The van der Waals surface area contributed by atoms with Crippen molar-refractivity contribution in [2.45, 2.75) is 12.8 Å². The van der Waals surface area contributed by atoms with Crippen LogP contribution < -0.4 is 5.32 Å². The van der Waals surface area contributed by atoms with Crippen molar-refractivity contribution in [1.82, 2.24) is 15.5 Å². The fourth-order valence-corrected chi connectivity index (χ4v) is 2.30. The molecule has 0 spiro atoms. The zero-order valence-electron chi connectivity index (χ0n) is 10.4. The zero-order valence-corrected chi connectivity index (χ0v) is 11.2. The molecule has 0 unspecified atom stereocenters. The normalized spacial score (nSPS) is 15.5. The molecule has 0 bridgehead atoms. The lowest BCUT2D eigenvalue weighted by molar-refractivity contribution is 0.410. The van der Waals surface area contributed by atoms with Crippen LogP contribution in [0.4, 0.5) is 0 Å². The number of rotatable bonds is 2. The molecule has 1 fully saturated rings. The summed E-state index contributed by atoms with van der Waals surface area (Å²) in [6.07, 6.45) is 4.06. The minimum atomic E-state index is 0.562. The summed E-state index contributed by atoms with van der Waals surface area (Å²) in [6, 6.07) is 7.44. The minimum Gasteiger partial charge on any atom is -0.334 e. The first-order chi connectivity index (χ1) is 9.31. The first-order valence-corrected chi connectivity index (χ1v) is 6.69. The van der Waals surface area contributed by atoms with Gasteiger partial charge >= 0.3 is 0 Å². The van der Waals surface area contributed by atoms with Gasteiger partial charge in [-0.25, -0.2) is 0 Å². The van der Waals surface area contributed by atoms with E-state index in [2.05, 4.69) is 15.5 Å². The Kier molecular flexibility index (Phi) is 3.62. The molecule has 0 saturated carbocycles. The van der Waals surface area contributed by atoms with Crippen LogP contribution in [0.25, 0.3) is 17.5 Å². The number of nitrogens with one attached hydrogen (secondary N) is 1. The standard InChI is InChI=1S/C14H14ClN3O/c15-12-3-1-2-11(9-12)14-17-13(19-18-14)8-10-4-6-16-7-5-10/h1-3,8-9,16H,4-7H2. The molecule has 4 nitrogen and oxygen atoms in total. The third-order valence-electron chi connectivity index (χ3n) is 3.10. The summed E-state index contributed by atoms with van der Waals surface area (Å²) >= 11 is 5.95. The molecule has 2 heterocycles. The Balaban J connectivity index is 1.83. The summed E-state index contributed by atoms with van der Waals surface area (Å²) in [5.41, 5.74) is 2.21. The average molecular weight is 276 g/mol. The SMILES string of the molecule is Clc1cccc(-c2noc(C=C3CCNCC3)n2)c1. The number of piperidine rings is 1. The predicted molar refractivity (Wildman–Crippen MR) is 74.8 cm³/mol. The summed E-state index contributed by atoms with van der Waals surface area (Å²) in [5.74, 6) is 1.13. The maximum atomic E-state index is 5.95. The molecule has 0 amide bonds. The number of hydrogen-bond donors (Lipinski definition) is 1. The summed E-state index contributed by atoms with van der Waals surface area (Å²) in [5, 5.41) is 7.97. The Bertz CT molecular complexity index is 598. The molecule has 1 aliphatic rings. The summed E-state index contributed by atoms with van der Waals surface area (Å²) in [4.78, 5) is 4.38. The Hall–Kier alpha value is -1.65. The van der Waals surface area contributed by atoms with Gasteiger partial charge in [0.1, 0.15) is 0 Å². The minimum absolute atomic E-state index is 0.562. The Labute approximate surface area is 116 Å². The van der Waals surface area contributed by atoms with E-state index in [0.717, 1.165) is 31.5 Å². The summed E-state index contributed by atoms with van der Waals surface area (Å²) < 4.78 is 5.26. The molecule has 0 radical (unpaired) electrons. The summed E-state index contributed by atoms with van der Waals surface area (Å²) in [6.45, 7) is 2.03. The molecule has 0 atom stereocenters. The predicted octanol–water partition coefficient (Wildman–Crippen LogP) is 3.16. The lowest BCUT2D eigenvalue weighted by Crippen LogP contribution is -2.22. The number of halogens is 1. The van der Waals surface area contributed by atoms with E-state index < -0.39 is 0 Å². The van der Waals surface area contributed by atoms with E-state index in [1.54, 1.807) is 0 Å². The van der Waals surface area contributed by atoms with E-state index in [0.29, 0.717) is 16.7 Å². The van der Waals surface area contributed by atoms with Gasteiger partial charge in [0.15, 0.2) is 0 Å². The van der Waals surface area contributed by atoms with Crippen molar-refractivity contribution in [3.05, 3.63) is 40.8 Å². The molecule has 3 rings (SSSR count). The van der Waals surface area contributed by atoms with Crippen molar-refractivity contribution in [2.24, 2.45) is 0 Å². The number of benzene rings is 1. The van der Waals surface area contributed by atoms with Crippen LogP contribution in [-0.4, -0.2) is 23.2 Å². The lowest BCUT2D eigenvalue weighted by Gasteiger charge is -2.13. The Morgan fingerprint density at radius 2 is 2.11 bits per heavy atom. The average Bonchev–Trinajstić information content (AvgIpc) is 2.88. The maximum absolute atomic E-state index is 5.95. The lowest BCUT2D eigenvalue weighted by atomic mass is 10.1. The zero-order chi connectivity index (χ0) is 13.1. The first kappa shape index (κ1) is 12.4. The Morgan fingerprint density at radius 1 is 1.26 bits per heavy atom. The third kappa shape index (κ3) is 3.03. The highest BCUT2D eigenvalue weighted by molar-refractivity contribution is 6.30. The van der Waals surface area contributed by atoms with Crippen LogP contribution in [-0.2, 0) is 0 Å². The molecule has 1 N–H and O–H groups in total. The van der Waals surface area contributed by atoms with Crippen LogP contribution >= 0.6 is 11.6 Å². The molecule has 1 saturated heterocycles. The Morgan fingerprint density at radius 3 is 2.89 bits per heavy atom. The second-order valence-electron chi connectivity index (χ2n) is 4.52. The van der Waals surface area contributed by atoms with Crippen LogP contribution in [0.15, 0.2) is 34.4 Å². The van der Waals surface area contributed by atoms with Crippen molar-refractivity contribution in [3.63, 3.8) is 0 Å². The first-order valence-electron chi connectivity index (χ1n) is 6.31. The van der Waals surface area contributed by atoms with Crippen molar-refractivity contribution >= 4 is 17.7 Å². The van der Waals surface area contributed by atoms with Gasteiger partial charge in [-0.2, -0.15) is 4.98 Å². The smallest absolute Gasteiger partial charge is 0.250 e. The van der Waals surface area contributed by atoms with E-state index in [-0.39, 0.29) is 0 Å². The van der Waals surface area contributed by atoms with Gasteiger partial charge < -0.3 is 9.84 Å². The number of hydrogen-bond acceptors (Lipinski definition) is 4. The fourth-order valence-electron chi connectivity index (χ4n) is 2.11.